The van der Waals surface area contributed by atoms with Crippen molar-refractivity contribution in [3.05, 3.63) is 29.8 Å². The minimum atomic E-state index is -0.465. The molecule has 0 spiro atoms. The Morgan fingerprint density at radius 3 is 2.28 bits per heavy atom. The predicted molar refractivity (Wildman–Crippen MR) is 72.0 cm³/mol. The topological polar surface area (TPSA) is 35.5 Å². The summed E-state index contributed by atoms with van der Waals surface area (Å²) in [5, 5.41) is 0. The van der Waals surface area contributed by atoms with Crippen LogP contribution in [-0.2, 0) is 4.74 Å². The normalized spacial score (nSPS) is 11.1. The second-order valence-electron chi connectivity index (χ2n) is 5.23. The lowest BCUT2D eigenvalue weighted by Gasteiger charge is -2.19. The van der Waals surface area contributed by atoms with Crippen LogP contribution in [0.5, 0.6) is 5.75 Å². The van der Waals surface area contributed by atoms with E-state index in [1.807, 2.05) is 20.8 Å². The van der Waals surface area contributed by atoms with Crippen molar-refractivity contribution in [1.82, 2.24) is 0 Å². The molecule has 3 nitrogen and oxygen atoms in total. The van der Waals surface area contributed by atoms with Gasteiger partial charge >= 0.3 is 5.97 Å². The van der Waals surface area contributed by atoms with E-state index in [-0.39, 0.29) is 5.97 Å². The maximum atomic E-state index is 11.8. The molecule has 0 bridgehead atoms. The van der Waals surface area contributed by atoms with E-state index in [0.29, 0.717) is 12.2 Å². The quantitative estimate of drug-likeness (QED) is 0.588. The van der Waals surface area contributed by atoms with Crippen molar-refractivity contribution in [1.29, 1.82) is 0 Å². The molecule has 1 aromatic rings. The molecule has 0 aromatic heterocycles. The third kappa shape index (κ3) is 5.21. The van der Waals surface area contributed by atoms with E-state index in [1.165, 1.54) is 0 Å². The van der Waals surface area contributed by atoms with Crippen molar-refractivity contribution in [2.75, 3.05) is 6.61 Å². The first-order valence-corrected chi connectivity index (χ1v) is 6.38. The van der Waals surface area contributed by atoms with Gasteiger partial charge in [0.2, 0.25) is 0 Å². The molecule has 3 heteroatoms. The Kier molecular flexibility index (Phi) is 5.20. The molecule has 0 unspecified atom stereocenters. The first-order chi connectivity index (χ1) is 8.42. The summed E-state index contributed by atoms with van der Waals surface area (Å²) >= 11 is 0. The number of carbonyl (C=O) groups is 1. The number of unbranched alkanes of at least 4 members (excludes halogenated alkanes) is 1. The smallest absolute Gasteiger partial charge is 0.338 e. The summed E-state index contributed by atoms with van der Waals surface area (Å²) in [4.78, 5) is 11.8. The highest BCUT2D eigenvalue weighted by molar-refractivity contribution is 5.89. The van der Waals surface area contributed by atoms with Gasteiger partial charge in [0.05, 0.1) is 12.2 Å². The van der Waals surface area contributed by atoms with Crippen LogP contribution in [0.3, 0.4) is 0 Å². The van der Waals surface area contributed by atoms with Crippen molar-refractivity contribution in [3.8, 4) is 5.75 Å². The van der Waals surface area contributed by atoms with Crippen molar-refractivity contribution >= 4 is 5.97 Å². The average molecular weight is 250 g/mol. The summed E-state index contributed by atoms with van der Waals surface area (Å²) in [5.74, 6) is 0.485. The van der Waals surface area contributed by atoms with Crippen LogP contribution in [-0.4, -0.2) is 18.2 Å². The van der Waals surface area contributed by atoms with Crippen LogP contribution in [0.15, 0.2) is 24.3 Å². The molecule has 100 valence electrons. The molecule has 0 saturated heterocycles. The minimum Gasteiger partial charge on any atom is -0.494 e. The predicted octanol–water partition coefficient (Wildman–Crippen LogP) is 3.82. The van der Waals surface area contributed by atoms with Gasteiger partial charge in [0, 0.05) is 0 Å². The Morgan fingerprint density at radius 1 is 1.17 bits per heavy atom. The first kappa shape index (κ1) is 14.6. The molecule has 0 atom stereocenters. The second-order valence-corrected chi connectivity index (χ2v) is 5.23. The zero-order valence-corrected chi connectivity index (χ0v) is 11.7. The van der Waals surface area contributed by atoms with Crippen LogP contribution in [0.1, 0.15) is 50.9 Å². The van der Waals surface area contributed by atoms with Crippen LogP contribution < -0.4 is 4.74 Å². The van der Waals surface area contributed by atoms with Crippen LogP contribution in [0.25, 0.3) is 0 Å². The molecular weight excluding hydrogens is 228 g/mol. The Hall–Kier alpha value is -1.51. The van der Waals surface area contributed by atoms with Gasteiger partial charge in [-0.1, -0.05) is 13.3 Å². The van der Waals surface area contributed by atoms with Gasteiger partial charge in [-0.3, -0.25) is 0 Å². The summed E-state index contributed by atoms with van der Waals surface area (Å²) < 4.78 is 10.8. The third-order valence-electron chi connectivity index (χ3n) is 2.26. The second kappa shape index (κ2) is 6.43. The van der Waals surface area contributed by atoms with Crippen molar-refractivity contribution in [3.63, 3.8) is 0 Å². The fraction of sp³-hybridized carbons (Fsp3) is 0.533. The maximum Gasteiger partial charge on any atom is 0.338 e. The van der Waals surface area contributed by atoms with Crippen LogP contribution in [0.4, 0.5) is 0 Å². The van der Waals surface area contributed by atoms with Gasteiger partial charge in [-0.25, -0.2) is 4.79 Å². The van der Waals surface area contributed by atoms with Crippen LogP contribution in [0, 0.1) is 0 Å². The number of ether oxygens (including phenoxy) is 2. The van der Waals surface area contributed by atoms with Gasteiger partial charge < -0.3 is 9.47 Å². The molecule has 0 saturated carbocycles. The van der Waals surface area contributed by atoms with E-state index in [9.17, 15) is 4.79 Å². The summed E-state index contributed by atoms with van der Waals surface area (Å²) in [5.41, 5.74) is 0.0840. The van der Waals surface area contributed by atoms with Crippen LogP contribution >= 0.6 is 0 Å². The third-order valence-corrected chi connectivity index (χ3v) is 2.26. The number of rotatable bonds is 5. The standard InChI is InChI=1S/C15H22O3/c1-5-6-11-17-13-9-7-12(8-10-13)14(16)18-15(2,3)4/h7-10H,5-6,11H2,1-4H3. The highest BCUT2D eigenvalue weighted by Crippen LogP contribution is 2.16. The molecule has 1 rings (SSSR count). The minimum absolute atomic E-state index is 0.303. The monoisotopic (exact) mass is 250 g/mol. The van der Waals surface area contributed by atoms with Gasteiger partial charge in [-0.2, -0.15) is 0 Å². The van der Waals surface area contributed by atoms with E-state index in [1.54, 1.807) is 24.3 Å². The number of hydrogen-bond acceptors (Lipinski definition) is 3. The number of esters is 1. The number of benzene rings is 1. The molecule has 0 aliphatic rings. The Morgan fingerprint density at radius 2 is 1.78 bits per heavy atom. The van der Waals surface area contributed by atoms with Gasteiger partial charge in [0.25, 0.3) is 0 Å². The maximum absolute atomic E-state index is 11.8. The number of hydrogen-bond donors (Lipinski definition) is 0. The van der Waals surface area contributed by atoms with E-state index in [2.05, 4.69) is 6.92 Å². The fourth-order valence-electron chi connectivity index (χ4n) is 1.36. The van der Waals surface area contributed by atoms with Gasteiger partial charge in [0.1, 0.15) is 11.4 Å². The fourth-order valence-corrected chi connectivity index (χ4v) is 1.36. The lowest BCUT2D eigenvalue weighted by atomic mass is 10.1. The SMILES string of the molecule is CCCCOc1ccc(C(=O)OC(C)(C)C)cc1. The summed E-state index contributed by atoms with van der Waals surface area (Å²) in [6.07, 6.45) is 2.14. The molecule has 0 amide bonds. The van der Waals surface area contributed by atoms with Crippen molar-refractivity contribution < 1.29 is 14.3 Å². The van der Waals surface area contributed by atoms with Gasteiger partial charge in [0.15, 0.2) is 0 Å². The zero-order chi connectivity index (χ0) is 13.6. The van der Waals surface area contributed by atoms with E-state index >= 15 is 0 Å². The lowest BCUT2D eigenvalue weighted by molar-refractivity contribution is 0.00695. The highest BCUT2D eigenvalue weighted by Gasteiger charge is 2.17. The molecule has 0 heterocycles. The molecule has 0 fully saturated rings. The highest BCUT2D eigenvalue weighted by atomic mass is 16.6. The van der Waals surface area contributed by atoms with E-state index in [0.717, 1.165) is 18.6 Å². The summed E-state index contributed by atoms with van der Waals surface area (Å²) in [6.45, 7) is 8.39. The van der Waals surface area contributed by atoms with Crippen LogP contribution in [0.2, 0.25) is 0 Å². The summed E-state index contributed by atoms with van der Waals surface area (Å²) in [6, 6.07) is 7.06. The molecule has 0 N–H and O–H groups in total. The molecule has 0 radical (unpaired) electrons. The molecular formula is C15H22O3. The average Bonchev–Trinajstić information content (AvgIpc) is 2.28. The Labute approximate surface area is 109 Å². The van der Waals surface area contributed by atoms with Gasteiger partial charge in [-0.15, -0.1) is 0 Å². The zero-order valence-electron chi connectivity index (χ0n) is 11.7. The van der Waals surface area contributed by atoms with Crippen molar-refractivity contribution in [2.24, 2.45) is 0 Å². The van der Waals surface area contributed by atoms with E-state index in [4.69, 9.17) is 9.47 Å². The largest absolute Gasteiger partial charge is 0.494 e. The molecule has 18 heavy (non-hydrogen) atoms. The molecule has 0 aliphatic heterocycles. The van der Waals surface area contributed by atoms with E-state index < -0.39 is 5.60 Å². The first-order valence-electron chi connectivity index (χ1n) is 6.38. The number of carbonyl (C=O) groups excluding carboxylic acids is 1. The Bertz CT molecular complexity index is 374. The lowest BCUT2D eigenvalue weighted by Crippen LogP contribution is -2.23. The molecule has 1 aromatic carbocycles. The van der Waals surface area contributed by atoms with Crippen molar-refractivity contribution in [2.45, 2.75) is 46.1 Å². The summed E-state index contributed by atoms with van der Waals surface area (Å²) in [7, 11) is 0. The van der Waals surface area contributed by atoms with Gasteiger partial charge in [-0.05, 0) is 51.5 Å². The molecule has 0 aliphatic carbocycles. The Balaban J connectivity index is 2.57.